The van der Waals surface area contributed by atoms with Crippen molar-refractivity contribution in [2.45, 2.75) is 6.04 Å². The second-order valence-corrected chi connectivity index (χ2v) is 5.74. The molecule has 0 radical (unpaired) electrons. The van der Waals surface area contributed by atoms with E-state index in [9.17, 15) is 4.79 Å². The Kier molecular flexibility index (Phi) is 4.13. The lowest BCUT2D eigenvalue weighted by atomic mass is 10.2. The molecule has 1 atom stereocenters. The van der Waals surface area contributed by atoms with E-state index in [0.717, 1.165) is 16.1 Å². The van der Waals surface area contributed by atoms with Gasteiger partial charge in [-0.3, -0.25) is 10.1 Å². The van der Waals surface area contributed by atoms with Crippen LogP contribution >= 0.6 is 39.3 Å². The Morgan fingerprint density at radius 3 is 3.06 bits per heavy atom. The molecule has 1 amide bonds. The molecule has 86 valence electrons. The van der Waals surface area contributed by atoms with Crippen LogP contribution in [0, 0.1) is 0 Å². The van der Waals surface area contributed by atoms with E-state index < -0.39 is 0 Å². The average Bonchev–Trinajstić information content (AvgIpc) is 2.75. The van der Waals surface area contributed by atoms with Crippen molar-refractivity contribution in [2.75, 3.05) is 16.9 Å². The third-order valence-corrected chi connectivity index (χ3v) is 3.97. The molecule has 2 N–H and O–H groups in total. The molecular formula is C10H10BrClN2OS. The molecule has 2 rings (SSSR count). The highest BCUT2D eigenvalue weighted by atomic mass is 79.9. The number of amides is 1. The van der Waals surface area contributed by atoms with Gasteiger partial charge in [-0.25, -0.2) is 0 Å². The lowest BCUT2D eigenvalue weighted by molar-refractivity contribution is -0.117. The van der Waals surface area contributed by atoms with Gasteiger partial charge in [-0.15, -0.1) is 11.8 Å². The first-order valence-corrected chi connectivity index (χ1v) is 7.06. The van der Waals surface area contributed by atoms with E-state index in [1.165, 1.54) is 0 Å². The minimum absolute atomic E-state index is 0.0331. The van der Waals surface area contributed by atoms with Crippen molar-refractivity contribution in [3.8, 4) is 0 Å². The zero-order valence-corrected chi connectivity index (χ0v) is 11.5. The van der Waals surface area contributed by atoms with Crippen molar-refractivity contribution in [3.63, 3.8) is 0 Å². The Bertz CT molecular complexity index is 410. The summed E-state index contributed by atoms with van der Waals surface area (Å²) in [5, 5.41) is 6.45. The molecule has 1 aromatic rings. The van der Waals surface area contributed by atoms with Gasteiger partial charge in [0.05, 0.1) is 16.8 Å². The van der Waals surface area contributed by atoms with E-state index in [1.54, 1.807) is 23.9 Å². The highest BCUT2D eigenvalue weighted by molar-refractivity contribution is 9.10. The van der Waals surface area contributed by atoms with Crippen LogP contribution in [0.25, 0.3) is 0 Å². The zero-order chi connectivity index (χ0) is 11.5. The lowest BCUT2D eigenvalue weighted by Crippen LogP contribution is -2.37. The molecule has 1 fully saturated rings. The van der Waals surface area contributed by atoms with Gasteiger partial charge < -0.3 is 5.32 Å². The number of halogens is 2. The summed E-state index contributed by atoms with van der Waals surface area (Å²) in [6, 6.07) is 5.27. The van der Waals surface area contributed by atoms with Gasteiger partial charge in [0.1, 0.15) is 0 Å². The van der Waals surface area contributed by atoms with E-state index in [2.05, 4.69) is 26.6 Å². The third kappa shape index (κ3) is 2.91. The van der Waals surface area contributed by atoms with Crippen molar-refractivity contribution in [3.05, 3.63) is 27.7 Å². The first-order valence-electron chi connectivity index (χ1n) is 4.74. The Morgan fingerprint density at radius 1 is 1.62 bits per heavy atom. The largest absolute Gasteiger partial charge is 0.323 e. The second kappa shape index (κ2) is 5.40. The Balaban J connectivity index is 2.05. The molecule has 0 aromatic heterocycles. The van der Waals surface area contributed by atoms with Gasteiger partial charge in [-0.1, -0.05) is 27.5 Å². The van der Waals surface area contributed by atoms with E-state index in [0.29, 0.717) is 10.7 Å². The summed E-state index contributed by atoms with van der Waals surface area (Å²) in [4.78, 5) is 11.8. The van der Waals surface area contributed by atoms with Crippen molar-refractivity contribution in [1.82, 2.24) is 5.32 Å². The Labute approximate surface area is 111 Å². The maximum Gasteiger partial charge on any atom is 0.242 e. The summed E-state index contributed by atoms with van der Waals surface area (Å²) in [6.07, 6.45) is 0. The van der Waals surface area contributed by atoms with Crippen LogP contribution < -0.4 is 10.6 Å². The fraction of sp³-hybridized carbons (Fsp3) is 0.300. The molecule has 3 nitrogen and oxygen atoms in total. The number of carbonyl (C=O) groups is 1. The molecule has 16 heavy (non-hydrogen) atoms. The molecule has 0 spiro atoms. The van der Waals surface area contributed by atoms with Crippen LogP contribution in [0.15, 0.2) is 22.7 Å². The van der Waals surface area contributed by atoms with Crippen LogP contribution in [0.1, 0.15) is 0 Å². The Morgan fingerprint density at radius 2 is 2.44 bits per heavy atom. The summed E-state index contributed by atoms with van der Waals surface area (Å²) in [5.74, 6) is 1.60. The first kappa shape index (κ1) is 12.2. The van der Waals surface area contributed by atoms with Gasteiger partial charge in [-0.2, -0.15) is 0 Å². The first-order chi connectivity index (χ1) is 7.66. The predicted molar refractivity (Wildman–Crippen MR) is 72.0 cm³/mol. The van der Waals surface area contributed by atoms with Crippen LogP contribution in [0.2, 0.25) is 5.02 Å². The molecule has 1 aromatic carbocycles. The fourth-order valence-corrected chi connectivity index (χ4v) is 3.04. The molecule has 1 unspecified atom stereocenters. The van der Waals surface area contributed by atoms with Crippen molar-refractivity contribution >= 4 is 50.9 Å². The Hall–Kier alpha value is -0.230. The fourth-order valence-electron chi connectivity index (χ4n) is 1.37. The molecule has 0 bridgehead atoms. The van der Waals surface area contributed by atoms with Crippen LogP contribution in [0.4, 0.5) is 5.69 Å². The van der Waals surface area contributed by atoms with E-state index in [4.69, 9.17) is 11.6 Å². The van der Waals surface area contributed by atoms with E-state index in [1.807, 2.05) is 6.07 Å². The quantitative estimate of drug-likeness (QED) is 0.880. The second-order valence-electron chi connectivity index (χ2n) is 3.39. The zero-order valence-electron chi connectivity index (χ0n) is 8.30. The van der Waals surface area contributed by atoms with Gasteiger partial charge in [0.25, 0.3) is 0 Å². The SMILES string of the molecule is O=C(Nc1ccc(Br)cc1Cl)C1CSCN1. The molecule has 1 saturated heterocycles. The van der Waals surface area contributed by atoms with Crippen molar-refractivity contribution in [1.29, 1.82) is 0 Å². The number of hydrogen-bond acceptors (Lipinski definition) is 3. The molecule has 1 heterocycles. The van der Waals surface area contributed by atoms with Crippen LogP contribution in [-0.2, 0) is 4.79 Å². The molecular weight excluding hydrogens is 312 g/mol. The standard InChI is InChI=1S/C10H10BrClN2OS/c11-6-1-2-8(7(12)3-6)14-10(15)9-4-16-5-13-9/h1-3,9,13H,4-5H2,(H,14,15). The smallest absolute Gasteiger partial charge is 0.242 e. The third-order valence-electron chi connectivity index (χ3n) is 2.22. The van der Waals surface area contributed by atoms with Gasteiger partial charge >= 0.3 is 0 Å². The monoisotopic (exact) mass is 320 g/mol. The molecule has 6 heteroatoms. The molecule has 1 aliphatic rings. The number of benzene rings is 1. The van der Waals surface area contributed by atoms with Crippen molar-refractivity contribution < 1.29 is 4.79 Å². The minimum Gasteiger partial charge on any atom is -0.323 e. The summed E-state index contributed by atoms with van der Waals surface area (Å²) >= 11 is 11.0. The van der Waals surface area contributed by atoms with Crippen molar-refractivity contribution in [2.24, 2.45) is 0 Å². The number of hydrogen-bond donors (Lipinski definition) is 2. The normalized spacial score (nSPS) is 19.8. The molecule has 0 saturated carbocycles. The van der Waals surface area contributed by atoms with Gasteiger partial charge in [0, 0.05) is 16.1 Å². The lowest BCUT2D eigenvalue weighted by Gasteiger charge is -2.11. The predicted octanol–water partition coefficient (Wildman–Crippen LogP) is 2.70. The number of carbonyl (C=O) groups excluding carboxylic acids is 1. The van der Waals surface area contributed by atoms with Gasteiger partial charge in [0.15, 0.2) is 0 Å². The van der Waals surface area contributed by atoms with E-state index in [-0.39, 0.29) is 11.9 Å². The maximum atomic E-state index is 11.8. The number of thioether (sulfide) groups is 1. The highest BCUT2D eigenvalue weighted by Gasteiger charge is 2.22. The summed E-state index contributed by atoms with van der Waals surface area (Å²) in [5.41, 5.74) is 0.647. The number of nitrogens with one attached hydrogen (secondary N) is 2. The summed E-state index contributed by atoms with van der Waals surface area (Å²) in [6.45, 7) is 0. The number of rotatable bonds is 2. The minimum atomic E-state index is -0.121. The van der Waals surface area contributed by atoms with Gasteiger partial charge in [0.2, 0.25) is 5.91 Å². The van der Waals surface area contributed by atoms with Crippen LogP contribution in [-0.4, -0.2) is 23.6 Å². The average molecular weight is 322 g/mol. The summed E-state index contributed by atoms with van der Waals surface area (Å²) in [7, 11) is 0. The van der Waals surface area contributed by atoms with Crippen LogP contribution in [0.3, 0.4) is 0 Å². The molecule has 1 aliphatic heterocycles. The van der Waals surface area contributed by atoms with Gasteiger partial charge in [-0.05, 0) is 18.2 Å². The number of anilines is 1. The van der Waals surface area contributed by atoms with Crippen LogP contribution in [0.5, 0.6) is 0 Å². The maximum absolute atomic E-state index is 11.8. The topological polar surface area (TPSA) is 41.1 Å². The summed E-state index contributed by atoms with van der Waals surface area (Å²) < 4.78 is 0.894. The molecule has 0 aliphatic carbocycles. The highest BCUT2D eigenvalue weighted by Crippen LogP contribution is 2.26. The van der Waals surface area contributed by atoms with E-state index >= 15 is 0 Å².